The number of aromatic nitrogens is 2. The van der Waals surface area contributed by atoms with Crippen molar-refractivity contribution in [3.63, 3.8) is 0 Å². The van der Waals surface area contributed by atoms with E-state index in [2.05, 4.69) is 20.6 Å². The molecule has 1 amide bonds. The van der Waals surface area contributed by atoms with Gasteiger partial charge in [-0.05, 0) is 37.5 Å². The Labute approximate surface area is 130 Å². The third-order valence-corrected chi connectivity index (χ3v) is 3.88. The van der Waals surface area contributed by atoms with Gasteiger partial charge in [-0.25, -0.2) is 9.97 Å². The first-order chi connectivity index (χ1) is 10.7. The van der Waals surface area contributed by atoms with Gasteiger partial charge in [-0.15, -0.1) is 0 Å². The summed E-state index contributed by atoms with van der Waals surface area (Å²) in [5, 5.41) is 6.24. The van der Waals surface area contributed by atoms with Gasteiger partial charge in [-0.2, -0.15) is 0 Å². The first-order valence-corrected chi connectivity index (χ1v) is 7.67. The van der Waals surface area contributed by atoms with Crippen molar-refractivity contribution in [1.82, 2.24) is 9.97 Å². The van der Waals surface area contributed by atoms with Gasteiger partial charge in [-0.1, -0.05) is 25.0 Å². The average molecular weight is 296 g/mol. The second kappa shape index (κ2) is 6.56. The average Bonchev–Trinajstić information content (AvgIpc) is 3.00. The smallest absolute Gasteiger partial charge is 0.274 e. The minimum Gasteiger partial charge on any atom is -0.367 e. The van der Waals surface area contributed by atoms with Gasteiger partial charge in [0, 0.05) is 17.8 Å². The first kappa shape index (κ1) is 14.5. The van der Waals surface area contributed by atoms with Gasteiger partial charge in [0.2, 0.25) is 0 Å². The molecule has 2 N–H and O–H groups in total. The zero-order chi connectivity index (χ0) is 15.4. The van der Waals surface area contributed by atoms with Gasteiger partial charge in [0.15, 0.2) is 0 Å². The fourth-order valence-electron chi connectivity index (χ4n) is 2.76. The van der Waals surface area contributed by atoms with Crippen molar-refractivity contribution in [3.05, 3.63) is 47.9 Å². The number of nitrogens with one attached hydrogen (secondary N) is 2. The van der Waals surface area contributed by atoms with E-state index in [0.717, 1.165) is 29.9 Å². The monoisotopic (exact) mass is 296 g/mol. The van der Waals surface area contributed by atoms with Gasteiger partial charge in [0.25, 0.3) is 5.91 Å². The van der Waals surface area contributed by atoms with Crippen LogP contribution in [0.2, 0.25) is 0 Å². The number of anilines is 2. The molecular weight excluding hydrogens is 276 g/mol. The maximum Gasteiger partial charge on any atom is 0.274 e. The van der Waals surface area contributed by atoms with E-state index >= 15 is 0 Å². The molecule has 0 radical (unpaired) electrons. The Bertz CT molecular complexity index is 665. The summed E-state index contributed by atoms with van der Waals surface area (Å²) in [4.78, 5) is 20.6. The van der Waals surface area contributed by atoms with Crippen molar-refractivity contribution >= 4 is 17.4 Å². The van der Waals surface area contributed by atoms with Crippen LogP contribution in [0.25, 0.3) is 0 Å². The fraction of sp³-hybridized carbons (Fsp3) is 0.353. The highest BCUT2D eigenvalue weighted by molar-refractivity contribution is 6.03. The molecule has 3 rings (SSSR count). The van der Waals surface area contributed by atoms with E-state index in [1.54, 1.807) is 6.07 Å². The Hall–Kier alpha value is -2.43. The SMILES string of the molecule is Cc1cccc(NC(=O)c2cc(NC3CCCC3)ncn2)c1. The Kier molecular flexibility index (Phi) is 4.32. The lowest BCUT2D eigenvalue weighted by molar-refractivity contribution is 0.102. The molecular formula is C17H20N4O. The van der Waals surface area contributed by atoms with Crippen LogP contribution >= 0.6 is 0 Å². The predicted molar refractivity (Wildman–Crippen MR) is 87.0 cm³/mol. The molecule has 1 aliphatic rings. The van der Waals surface area contributed by atoms with Crippen molar-refractivity contribution in [2.75, 3.05) is 10.6 Å². The van der Waals surface area contributed by atoms with Gasteiger partial charge >= 0.3 is 0 Å². The van der Waals surface area contributed by atoms with Crippen LogP contribution in [0.15, 0.2) is 36.7 Å². The minimum atomic E-state index is -0.220. The standard InChI is InChI=1S/C17H20N4O/c1-12-5-4-8-14(9-12)21-17(22)15-10-16(19-11-18-15)20-13-6-2-3-7-13/h4-5,8-11,13H,2-3,6-7H2,1H3,(H,21,22)(H,18,19,20). The molecule has 0 bridgehead atoms. The molecule has 0 atom stereocenters. The Morgan fingerprint density at radius 2 is 2.00 bits per heavy atom. The molecule has 1 heterocycles. The highest BCUT2D eigenvalue weighted by atomic mass is 16.1. The molecule has 1 fully saturated rings. The van der Waals surface area contributed by atoms with E-state index in [4.69, 9.17) is 0 Å². The van der Waals surface area contributed by atoms with Crippen molar-refractivity contribution < 1.29 is 4.79 Å². The minimum absolute atomic E-state index is 0.220. The molecule has 0 unspecified atom stereocenters. The maximum atomic E-state index is 12.3. The molecule has 0 aliphatic heterocycles. The van der Waals surface area contributed by atoms with Crippen LogP contribution in [0.4, 0.5) is 11.5 Å². The molecule has 1 aliphatic carbocycles. The number of hydrogen-bond donors (Lipinski definition) is 2. The Morgan fingerprint density at radius 3 is 2.77 bits per heavy atom. The molecule has 0 saturated heterocycles. The third kappa shape index (κ3) is 3.61. The van der Waals surface area contributed by atoms with Crippen LogP contribution < -0.4 is 10.6 Å². The number of hydrogen-bond acceptors (Lipinski definition) is 4. The third-order valence-electron chi connectivity index (χ3n) is 3.88. The van der Waals surface area contributed by atoms with Crippen molar-refractivity contribution in [2.24, 2.45) is 0 Å². The van der Waals surface area contributed by atoms with E-state index in [1.165, 1.54) is 19.2 Å². The van der Waals surface area contributed by atoms with E-state index < -0.39 is 0 Å². The fourth-order valence-corrected chi connectivity index (χ4v) is 2.76. The van der Waals surface area contributed by atoms with Crippen LogP contribution in [0, 0.1) is 6.92 Å². The molecule has 1 saturated carbocycles. The van der Waals surface area contributed by atoms with Crippen LogP contribution in [0.3, 0.4) is 0 Å². The van der Waals surface area contributed by atoms with Crippen molar-refractivity contribution in [1.29, 1.82) is 0 Å². The summed E-state index contributed by atoms with van der Waals surface area (Å²) in [6.45, 7) is 1.99. The maximum absolute atomic E-state index is 12.3. The van der Waals surface area contributed by atoms with E-state index in [9.17, 15) is 4.79 Å². The van der Waals surface area contributed by atoms with Gasteiger partial charge in [0.1, 0.15) is 17.8 Å². The number of nitrogens with zero attached hydrogens (tertiary/aromatic N) is 2. The van der Waals surface area contributed by atoms with Crippen molar-refractivity contribution in [3.8, 4) is 0 Å². The van der Waals surface area contributed by atoms with E-state index in [0.29, 0.717) is 11.7 Å². The molecule has 5 nitrogen and oxygen atoms in total. The van der Waals surface area contributed by atoms with Crippen LogP contribution in [0.1, 0.15) is 41.7 Å². The number of aryl methyl sites for hydroxylation is 1. The van der Waals surface area contributed by atoms with Crippen LogP contribution in [-0.2, 0) is 0 Å². The largest absolute Gasteiger partial charge is 0.367 e. The highest BCUT2D eigenvalue weighted by Gasteiger charge is 2.16. The molecule has 1 aromatic heterocycles. The summed E-state index contributed by atoms with van der Waals surface area (Å²) in [6.07, 6.45) is 6.26. The molecule has 1 aromatic carbocycles. The second-order valence-electron chi connectivity index (χ2n) is 5.74. The molecule has 2 aromatic rings. The lowest BCUT2D eigenvalue weighted by Crippen LogP contribution is -2.18. The zero-order valence-corrected chi connectivity index (χ0v) is 12.7. The number of benzene rings is 1. The first-order valence-electron chi connectivity index (χ1n) is 7.67. The van der Waals surface area contributed by atoms with E-state index in [-0.39, 0.29) is 5.91 Å². The molecule has 114 valence electrons. The predicted octanol–water partition coefficient (Wildman–Crippen LogP) is 3.39. The van der Waals surface area contributed by atoms with Crippen LogP contribution in [0.5, 0.6) is 0 Å². The summed E-state index contributed by atoms with van der Waals surface area (Å²) in [7, 11) is 0. The molecule has 5 heteroatoms. The molecule has 0 spiro atoms. The zero-order valence-electron chi connectivity index (χ0n) is 12.7. The summed E-state index contributed by atoms with van der Waals surface area (Å²) < 4.78 is 0. The van der Waals surface area contributed by atoms with Crippen LogP contribution in [-0.4, -0.2) is 21.9 Å². The lowest BCUT2D eigenvalue weighted by Gasteiger charge is -2.12. The molecule has 22 heavy (non-hydrogen) atoms. The van der Waals surface area contributed by atoms with Gasteiger partial charge in [-0.3, -0.25) is 4.79 Å². The van der Waals surface area contributed by atoms with Gasteiger partial charge in [0.05, 0.1) is 0 Å². The summed E-state index contributed by atoms with van der Waals surface area (Å²) in [5.74, 6) is 0.499. The second-order valence-corrected chi connectivity index (χ2v) is 5.74. The number of rotatable bonds is 4. The number of carbonyl (C=O) groups excluding carboxylic acids is 1. The number of amides is 1. The van der Waals surface area contributed by atoms with E-state index in [1.807, 2.05) is 31.2 Å². The normalized spacial score (nSPS) is 14.8. The Balaban J connectivity index is 1.69. The lowest BCUT2D eigenvalue weighted by atomic mass is 10.2. The topological polar surface area (TPSA) is 66.9 Å². The van der Waals surface area contributed by atoms with Gasteiger partial charge < -0.3 is 10.6 Å². The highest BCUT2D eigenvalue weighted by Crippen LogP contribution is 2.21. The number of carbonyl (C=O) groups is 1. The Morgan fingerprint density at radius 1 is 1.18 bits per heavy atom. The quantitative estimate of drug-likeness (QED) is 0.907. The summed E-state index contributed by atoms with van der Waals surface area (Å²) >= 11 is 0. The van der Waals surface area contributed by atoms with Crippen molar-refractivity contribution in [2.45, 2.75) is 38.6 Å². The summed E-state index contributed by atoms with van der Waals surface area (Å²) in [5.41, 5.74) is 2.25. The summed E-state index contributed by atoms with van der Waals surface area (Å²) in [6, 6.07) is 9.87.